The zero-order chi connectivity index (χ0) is 22.3. The maximum absolute atomic E-state index is 8.99. The van der Waals surface area contributed by atoms with Gasteiger partial charge >= 0.3 is 0 Å². The topological polar surface area (TPSA) is 127 Å². The molecule has 3 heterocycles. The molecule has 1 aromatic carbocycles. The van der Waals surface area contributed by atoms with Crippen molar-refractivity contribution in [2.45, 2.75) is 38.6 Å². The molecular formula is C21H30N8O2S. The average Bonchev–Trinajstić information content (AvgIpc) is 3.47. The Balaban J connectivity index is 1.46. The molecule has 32 heavy (non-hydrogen) atoms. The lowest BCUT2D eigenvalue weighted by atomic mass is 10.1. The molecule has 0 spiro atoms. The predicted octanol–water partition coefficient (Wildman–Crippen LogP) is 2.10. The number of piperidine rings is 1. The maximum Gasteiger partial charge on any atom is 0.247 e. The monoisotopic (exact) mass is 458 g/mol. The summed E-state index contributed by atoms with van der Waals surface area (Å²) >= 11 is 1.41. The van der Waals surface area contributed by atoms with E-state index in [4.69, 9.17) is 15.6 Å². The van der Waals surface area contributed by atoms with Gasteiger partial charge in [0.15, 0.2) is 0 Å². The lowest BCUT2D eigenvalue weighted by molar-refractivity contribution is 0.238. The van der Waals surface area contributed by atoms with Crippen molar-refractivity contribution in [1.29, 1.82) is 0 Å². The Morgan fingerprint density at radius 3 is 2.88 bits per heavy atom. The lowest BCUT2D eigenvalue weighted by Crippen LogP contribution is -2.35. The fourth-order valence-electron chi connectivity index (χ4n) is 3.60. The molecule has 4 rings (SSSR count). The second-order valence-corrected chi connectivity index (χ2v) is 8.70. The van der Waals surface area contributed by atoms with Crippen molar-refractivity contribution in [2.24, 2.45) is 0 Å². The molecule has 0 aliphatic carbocycles. The van der Waals surface area contributed by atoms with Gasteiger partial charge in [0.05, 0.1) is 6.61 Å². The van der Waals surface area contributed by atoms with E-state index in [0.717, 1.165) is 48.7 Å². The van der Waals surface area contributed by atoms with E-state index in [-0.39, 0.29) is 12.6 Å². The van der Waals surface area contributed by atoms with Gasteiger partial charge in [0.1, 0.15) is 17.4 Å². The highest BCUT2D eigenvalue weighted by Gasteiger charge is 2.20. The minimum absolute atomic E-state index is 0.112. The molecule has 2 aromatic heterocycles. The summed E-state index contributed by atoms with van der Waals surface area (Å²) < 4.78 is 7.52. The van der Waals surface area contributed by atoms with Crippen LogP contribution in [-0.4, -0.2) is 69.0 Å². The van der Waals surface area contributed by atoms with Crippen LogP contribution in [0.2, 0.25) is 0 Å². The van der Waals surface area contributed by atoms with E-state index in [0.29, 0.717) is 30.2 Å². The van der Waals surface area contributed by atoms with E-state index in [1.165, 1.54) is 17.8 Å². The minimum Gasteiger partial charge on any atom is -0.492 e. The number of nitrogens with two attached hydrogens (primary N) is 1. The smallest absolute Gasteiger partial charge is 0.247 e. The Bertz CT molecular complexity index is 1000. The standard InChI is InChI=1S/C21H30N8O2S/c1-2-16(23-9-12-30)14-31-17-8-6-7-15(13-17)18-25-26-21(32-18)29-19(22)24-20(27-29)28-10-4-3-5-11-28/h6-8,13,16,23,30H,2-5,9-12,14H2,1H3,(H2,22,24,27). The van der Waals surface area contributed by atoms with Crippen LogP contribution in [0.25, 0.3) is 15.7 Å². The summed E-state index contributed by atoms with van der Waals surface area (Å²) in [5.74, 6) is 1.72. The van der Waals surface area contributed by atoms with Crippen LogP contribution in [0, 0.1) is 0 Å². The molecule has 11 heteroatoms. The van der Waals surface area contributed by atoms with E-state index in [1.807, 2.05) is 24.3 Å². The van der Waals surface area contributed by atoms with Crippen molar-refractivity contribution in [1.82, 2.24) is 30.3 Å². The molecule has 4 N–H and O–H groups in total. The fourth-order valence-corrected chi connectivity index (χ4v) is 4.41. The van der Waals surface area contributed by atoms with Gasteiger partial charge < -0.3 is 25.8 Å². The molecule has 1 saturated heterocycles. The van der Waals surface area contributed by atoms with Gasteiger partial charge in [-0.3, -0.25) is 0 Å². The van der Waals surface area contributed by atoms with Gasteiger partial charge in [-0.2, -0.15) is 9.67 Å². The molecule has 3 aromatic rings. The van der Waals surface area contributed by atoms with Gasteiger partial charge in [-0.15, -0.1) is 15.3 Å². The summed E-state index contributed by atoms with van der Waals surface area (Å²) in [6, 6.07) is 7.97. The van der Waals surface area contributed by atoms with Crippen molar-refractivity contribution in [3.05, 3.63) is 24.3 Å². The van der Waals surface area contributed by atoms with Crippen molar-refractivity contribution < 1.29 is 9.84 Å². The first-order valence-electron chi connectivity index (χ1n) is 11.1. The minimum atomic E-state index is 0.112. The Morgan fingerprint density at radius 1 is 1.25 bits per heavy atom. The number of ether oxygens (including phenoxy) is 1. The predicted molar refractivity (Wildman–Crippen MR) is 125 cm³/mol. The second-order valence-electron chi connectivity index (χ2n) is 7.74. The number of anilines is 2. The highest BCUT2D eigenvalue weighted by molar-refractivity contribution is 7.17. The number of nitrogen functional groups attached to an aromatic ring is 1. The van der Waals surface area contributed by atoms with Crippen LogP contribution < -0.4 is 20.7 Å². The van der Waals surface area contributed by atoms with Gasteiger partial charge in [0.25, 0.3) is 0 Å². The SMILES string of the molecule is CCC(COc1cccc(-c2nnc(-n3nc(N4CCCCC4)nc3N)s2)c1)NCCO. The van der Waals surface area contributed by atoms with Crippen LogP contribution in [0.5, 0.6) is 5.75 Å². The summed E-state index contributed by atoms with van der Waals surface area (Å²) in [7, 11) is 0. The second kappa shape index (κ2) is 10.7. The number of benzene rings is 1. The Kier molecular flexibility index (Phi) is 7.51. The number of hydrogen-bond donors (Lipinski definition) is 3. The first-order chi connectivity index (χ1) is 15.7. The Morgan fingerprint density at radius 2 is 2.09 bits per heavy atom. The molecule has 172 valence electrons. The van der Waals surface area contributed by atoms with E-state index in [1.54, 1.807) is 4.68 Å². The summed E-state index contributed by atoms with van der Waals surface area (Å²) in [5, 5.41) is 26.8. The van der Waals surface area contributed by atoms with E-state index in [9.17, 15) is 0 Å². The van der Waals surface area contributed by atoms with E-state index < -0.39 is 0 Å². The quantitative estimate of drug-likeness (QED) is 0.418. The third-order valence-corrected chi connectivity index (χ3v) is 6.37. The molecule has 0 bridgehead atoms. The molecule has 1 aliphatic rings. The molecule has 0 saturated carbocycles. The molecule has 0 amide bonds. The van der Waals surface area contributed by atoms with Crippen LogP contribution in [0.15, 0.2) is 24.3 Å². The van der Waals surface area contributed by atoms with Gasteiger partial charge in [-0.05, 0) is 37.8 Å². The third kappa shape index (κ3) is 5.34. The number of aliphatic hydroxyl groups excluding tert-OH is 1. The van der Waals surface area contributed by atoms with Crippen LogP contribution in [0.4, 0.5) is 11.9 Å². The zero-order valence-corrected chi connectivity index (χ0v) is 19.1. The first-order valence-corrected chi connectivity index (χ1v) is 11.9. The number of aromatic nitrogens is 5. The largest absolute Gasteiger partial charge is 0.492 e. The average molecular weight is 459 g/mol. The summed E-state index contributed by atoms with van der Waals surface area (Å²) in [6.45, 7) is 5.18. The third-order valence-electron chi connectivity index (χ3n) is 5.43. The summed E-state index contributed by atoms with van der Waals surface area (Å²) in [4.78, 5) is 6.59. The number of hydrogen-bond acceptors (Lipinski definition) is 10. The number of nitrogens with one attached hydrogen (secondary N) is 1. The van der Waals surface area contributed by atoms with Crippen LogP contribution >= 0.6 is 11.3 Å². The first kappa shape index (κ1) is 22.4. The van der Waals surface area contributed by atoms with Crippen molar-refractivity contribution >= 4 is 23.2 Å². The number of aliphatic hydroxyl groups is 1. The fraction of sp³-hybridized carbons (Fsp3) is 0.524. The summed E-state index contributed by atoms with van der Waals surface area (Å²) in [5.41, 5.74) is 7.04. The van der Waals surface area contributed by atoms with Gasteiger partial charge in [0, 0.05) is 31.2 Å². The van der Waals surface area contributed by atoms with Crippen molar-refractivity contribution in [3.63, 3.8) is 0 Å². The molecule has 1 unspecified atom stereocenters. The summed E-state index contributed by atoms with van der Waals surface area (Å²) in [6.07, 6.45) is 4.45. The van der Waals surface area contributed by atoms with Gasteiger partial charge in [0.2, 0.25) is 17.0 Å². The highest BCUT2D eigenvalue weighted by atomic mass is 32.1. The highest BCUT2D eigenvalue weighted by Crippen LogP contribution is 2.29. The molecule has 10 nitrogen and oxygen atoms in total. The van der Waals surface area contributed by atoms with Crippen LogP contribution in [-0.2, 0) is 0 Å². The zero-order valence-electron chi connectivity index (χ0n) is 18.3. The molecular weight excluding hydrogens is 428 g/mol. The Labute approximate surface area is 191 Å². The van der Waals surface area contributed by atoms with E-state index >= 15 is 0 Å². The number of rotatable bonds is 10. The van der Waals surface area contributed by atoms with E-state index in [2.05, 4.69) is 37.4 Å². The van der Waals surface area contributed by atoms with Crippen LogP contribution in [0.1, 0.15) is 32.6 Å². The van der Waals surface area contributed by atoms with Gasteiger partial charge in [-0.25, -0.2) is 0 Å². The molecule has 0 radical (unpaired) electrons. The van der Waals surface area contributed by atoms with Crippen molar-refractivity contribution in [2.75, 3.05) is 43.5 Å². The normalized spacial score (nSPS) is 15.1. The van der Waals surface area contributed by atoms with Gasteiger partial charge in [-0.1, -0.05) is 30.4 Å². The Hall–Kier alpha value is -2.76. The molecule has 1 atom stereocenters. The lowest BCUT2D eigenvalue weighted by Gasteiger charge is -2.24. The number of nitrogens with zero attached hydrogens (tertiary/aromatic N) is 6. The molecule has 1 fully saturated rings. The molecule has 1 aliphatic heterocycles. The maximum atomic E-state index is 8.99. The van der Waals surface area contributed by atoms with Crippen LogP contribution in [0.3, 0.4) is 0 Å². The van der Waals surface area contributed by atoms with Crippen molar-refractivity contribution in [3.8, 4) is 21.5 Å².